The summed E-state index contributed by atoms with van der Waals surface area (Å²) >= 11 is 1.20. The van der Waals surface area contributed by atoms with E-state index < -0.39 is 16.4 Å². The molecule has 0 atom stereocenters. The zero-order chi connectivity index (χ0) is 14.3. The molecular formula is C13H6F2N2O2S. The highest BCUT2D eigenvalue weighted by Crippen LogP contribution is 2.32. The Morgan fingerprint density at radius 2 is 1.95 bits per heavy atom. The second kappa shape index (κ2) is 4.61. The third-order valence-electron chi connectivity index (χ3n) is 2.74. The minimum Gasteiger partial charge on any atom is -0.258 e. The highest BCUT2D eigenvalue weighted by atomic mass is 32.1. The van der Waals surface area contributed by atoms with Crippen molar-refractivity contribution >= 4 is 27.2 Å². The first kappa shape index (κ1) is 12.6. The van der Waals surface area contributed by atoms with Crippen molar-refractivity contribution in [2.75, 3.05) is 0 Å². The molecule has 2 aromatic carbocycles. The lowest BCUT2D eigenvalue weighted by Crippen LogP contribution is -1.92. The van der Waals surface area contributed by atoms with Crippen LogP contribution in [0.25, 0.3) is 20.8 Å². The Morgan fingerprint density at radius 1 is 1.15 bits per heavy atom. The molecule has 0 aliphatic carbocycles. The minimum absolute atomic E-state index is 0.373. The van der Waals surface area contributed by atoms with E-state index in [1.807, 2.05) is 0 Å². The first-order valence-electron chi connectivity index (χ1n) is 5.55. The lowest BCUT2D eigenvalue weighted by atomic mass is 10.2. The number of fused-ring (bicyclic) bond motifs is 1. The van der Waals surface area contributed by atoms with Crippen LogP contribution in [0.15, 0.2) is 36.4 Å². The SMILES string of the molecule is O=[N+]([O-])c1ccc(-c2nc3ccc(F)cc3s2)cc1F. The van der Waals surface area contributed by atoms with Gasteiger partial charge in [-0.3, -0.25) is 10.1 Å². The van der Waals surface area contributed by atoms with Crippen LogP contribution >= 0.6 is 11.3 Å². The second-order valence-electron chi connectivity index (χ2n) is 4.05. The van der Waals surface area contributed by atoms with Crippen LogP contribution in [0.4, 0.5) is 14.5 Å². The number of thiazole rings is 1. The van der Waals surface area contributed by atoms with Gasteiger partial charge in [-0.1, -0.05) is 0 Å². The standard InChI is InChI=1S/C13H6F2N2O2S/c14-8-2-3-10-12(6-8)20-13(16-10)7-1-4-11(17(18)19)9(15)5-7/h1-6H. The van der Waals surface area contributed by atoms with Gasteiger partial charge in [-0.05, 0) is 30.3 Å². The summed E-state index contributed by atoms with van der Waals surface area (Å²) in [6.07, 6.45) is 0. The van der Waals surface area contributed by atoms with E-state index in [2.05, 4.69) is 4.98 Å². The molecule has 0 saturated carbocycles. The molecule has 0 saturated heterocycles. The first-order chi connectivity index (χ1) is 9.54. The van der Waals surface area contributed by atoms with E-state index in [-0.39, 0.29) is 5.82 Å². The summed E-state index contributed by atoms with van der Waals surface area (Å²) in [5, 5.41) is 11.0. The Kier molecular flexibility index (Phi) is 2.90. The van der Waals surface area contributed by atoms with Crippen LogP contribution in [0.1, 0.15) is 0 Å². The Morgan fingerprint density at radius 3 is 2.65 bits per heavy atom. The summed E-state index contributed by atoms with van der Waals surface area (Å²) < 4.78 is 27.3. The lowest BCUT2D eigenvalue weighted by molar-refractivity contribution is -0.387. The summed E-state index contributed by atoms with van der Waals surface area (Å²) in [5.74, 6) is -1.29. The monoisotopic (exact) mass is 292 g/mol. The first-order valence-corrected chi connectivity index (χ1v) is 6.36. The second-order valence-corrected chi connectivity index (χ2v) is 5.09. The molecule has 100 valence electrons. The molecule has 1 heterocycles. The highest BCUT2D eigenvalue weighted by Gasteiger charge is 2.16. The van der Waals surface area contributed by atoms with Crippen LogP contribution in [0.2, 0.25) is 0 Å². The molecule has 0 radical (unpaired) electrons. The molecule has 0 spiro atoms. The summed E-state index contributed by atoms with van der Waals surface area (Å²) in [5.41, 5.74) is 0.445. The van der Waals surface area contributed by atoms with Crippen LogP contribution in [-0.2, 0) is 0 Å². The molecule has 0 aliphatic rings. The van der Waals surface area contributed by atoms with Gasteiger partial charge in [-0.2, -0.15) is 4.39 Å². The predicted octanol–water partition coefficient (Wildman–Crippen LogP) is 4.15. The molecule has 20 heavy (non-hydrogen) atoms. The maximum absolute atomic E-state index is 13.6. The fraction of sp³-hybridized carbons (Fsp3) is 0. The number of nitro benzene ring substituents is 1. The van der Waals surface area contributed by atoms with Gasteiger partial charge in [0, 0.05) is 11.6 Å². The molecule has 0 fully saturated rings. The number of hydrogen-bond acceptors (Lipinski definition) is 4. The molecular weight excluding hydrogens is 286 g/mol. The van der Waals surface area contributed by atoms with E-state index in [4.69, 9.17) is 0 Å². The molecule has 7 heteroatoms. The molecule has 0 N–H and O–H groups in total. The zero-order valence-corrected chi connectivity index (χ0v) is 10.7. The number of halogens is 2. The van der Waals surface area contributed by atoms with E-state index >= 15 is 0 Å². The average molecular weight is 292 g/mol. The van der Waals surface area contributed by atoms with Crippen molar-refractivity contribution in [1.29, 1.82) is 0 Å². The molecule has 0 amide bonds. The van der Waals surface area contributed by atoms with Crippen molar-refractivity contribution in [3.8, 4) is 10.6 Å². The van der Waals surface area contributed by atoms with Gasteiger partial charge in [0.15, 0.2) is 0 Å². The number of benzene rings is 2. The van der Waals surface area contributed by atoms with Gasteiger partial charge in [0.05, 0.1) is 15.1 Å². The molecule has 0 unspecified atom stereocenters. The third-order valence-corrected chi connectivity index (χ3v) is 3.81. The quantitative estimate of drug-likeness (QED) is 0.526. The fourth-order valence-electron chi connectivity index (χ4n) is 1.81. The van der Waals surface area contributed by atoms with E-state index in [1.165, 1.54) is 35.6 Å². The van der Waals surface area contributed by atoms with Crippen LogP contribution in [0, 0.1) is 21.7 Å². The zero-order valence-electron chi connectivity index (χ0n) is 9.84. The van der Waals surface area contributed by atoms with Crippen LogP contribution < -0.4 is 0 Å². The highest BCUT2D eigenvalue weighted by molar-refractivity contribution is 7.21. The summed E-state index contributed by atoms with van der Waals surface area (Å²) in [6.45, 7) is 0. The smallest absolute Gasteiger partial charge is 0.258 e. The van der Waals surface area contributed by atoms with Gasteiger partial charge >= 0.3 is 5.69 Å². The van der Waals surface area contributed by atoms with Crippen molar-refractivity contribution in [2.24, 2.45) is 0 Å². The van der Waals surface area contributed by atoms with Gasteiger partial charge < -0.3 is 0 Å². The largest absolute Gasteiger partial charge is 0.304 e. The maximum Gasteiger partial charge on any atom is 0.304 e. The molecule has 1 aromatic heterocycles. The Bertz CT molecular complexity index is 832. The Labute approximate surface area is 115 Å². The summed E-state index contributed by atoms with van der Waals surface area (Å²) in [7, 11) is 0. The van der Waals surface area contributed by atoms with Crippen molar-refractivity contribution in [3.63, 3.8) is 0 Å². The normalized spacial score (nSPS) is 10.9. The lowest BCUT2D eigenvalue weighted by Gasteiger charge is -1.97. The average Bonchev–Trinajstić information content (AvgIpc) is 2.81. The molecule has 0 bridgehead atoms. The van der Waals surface area contributed by atoms with Gasteiger partial charge in [-0.15, -0.1) is 11.3 Å². The van der Waals surface area contributed by atoms with Crippen LogP contribution in [0.3, 0.4) is 0 Å². The molecule has 4 nitrogen and oxygen atoms in total. The van der Waals surface area contributed by atoms with Crippen molar-refractivity contribution < 1.29 is 13.7 Å². The predicted molar refractivity (Wildman–Crippen MR) is 71.6 cm³/mol. The molecule has 0 aliphatic heterocycles. The van der Waals surface area contributed by atoms with Crippen molar-refractivity contribution in [1.82, 2.24) is 4.98 Å². The van der Waals surface area contributed by atoms with Gasteiger partial charge in [0.1, 0.15) is 10.8 Å². The number of rotatable bonds is 2. The topological polar surface area (TPSA) is 56.0 Å². The number of aromatic nitrogens is 1. The Hall–Kier alpha value is -2.41. The van der Waals surface area contributed by atoms with Gasteiger partial charge in [0.2, 0.25) is 5.82 Å². The fourth-order valence-corrected chi connectivity index (χ4v) is 2.80. The molecule has 3 rings (SSSR count). The van der Waals surface area contributed by atoms with E-state index in [0.717, 1.165) is 12.1 Å². The Balaban J connectivity index is 2.11. The third kappa shape index (κ3) is 2.12. The van der Waals surface area contributed by atoms with Crippen molar-refractivity contribution in [3.05, 3.63) is 58.1 Å². The van der Waals surface area contributed by atoms with E-state index in [9.17, 15) is 18.9 Å². The summed E-state index contributed by atoms with van der Waals surface area (Å²) in [6, 6.07) is 7.76. The minimum atomic E-state index is -0.919. The van der Waals surface area contributed by atoms with E-state index in [0.29, 0.717) is 20.8 Å². The van der Waals surface area contributed by atoms with E-state index in [1.54, 1.807) is 0 Å². The van der Waals surface area contributed by atoms with Crippen LogP contribution in [-0.4, -0.2) is 9.91 Å². The summed E-state index contributed by atoms with van der Waals surface area (Å²) in [4.78, 5) is 14.0. The van der Waals surface area contributed by atoms with Gasteiger partial charge in [0.25, 0.3) is 0 Å². The number of hydrogen-bond donors (Lipinski definition) is 0. The number of nitro groups is 1. The van der Waals surface area contributed by atoms with Gasteiger partial charge in [-0.25, -0.2) is 9.37 Å². The molecule has 3 aromatic rings. The van der Waals surface area contributed by atoms with Crippen LogP contribution in [0.5, 0.6) is 0 Å². The number of nitrogens with zero attached hydrogens (tertiary/aromatic N) is 2. The van der Waals surface area contributed by atoms with Crippen molar-refractivity contribution in [2.45, 2.75) is 0 Å². The maximum atomic E-state index is 13.6.